The molecule has 0 saturated heterocycles. The van der Waals surface area contributed by atoms with Crippen LogP contribution >= 0.6 is 0 Å². The fourth-order valence-electron chi connectivity index (χ4n) is 3.37. The van der Waals surface area contributed by atoms with Gasteiger partial charge in [0.25, 0.3) is 5.91 Å². The van der Waals surface area contributed by atoms with Gasteiger partial charge in [0.15, 0.2) is 6.10 Å². The first-order valence-electron chi connectivity index (χ1n) is 8.41. The average molecular weight is 316 g/mol. The van der Waals surface area contributed by atoms with Crippen molar-refractivity contribution in [1.29, 1.82) is 0 Å². The largest absolute Gasteiger partial charge is 0.479 e. The minimum Gasteiger partial charge on any atom is -0.479 e. The molecule has 1 heterocycles. The van der Waals surface area contributed by atoms with Gasteiger partial charge in [-0.1, -0.05) is 18.9 Å². The second-order valence-electron chi connectivity index (χ2n) is 6.48. The lowest BCUT2D eigenvalue weighted by Gasteiger charge is -2.30. The first-order valence-corrected chi connectivity index (χ1v) is 8.41. The summed E-state index contributed by atoms with van der Waals surface area (Å²) in [6.07, 6.45) is 4.69. The van der Waals surface area contributed by atoms with Gasteiger partial charge in [0.2, 0.25) is 5.91 Å². The van der Waals surface area contributed by atoms with Crippen molar-refractivity contribution in [3.63, 3.8) is 0 Å². The molecule has 1 saturated carbocycles. The zero-order valence-electron chi connectivity index (χ0n) is 13.8. The predicted octanol–water partition coefficient (Wildman–Crippen LogP) is 2.28. The van der Waals surface area contributed by atoms with Crippen LogP contribution in [0.15, 0.2) is 18.2 Å². The molecule has 1 aliphatic carbocycles. The molecule has 2 aliphatic rings. The molecule has 1 fully saturated rings. The summed E-state index contributed by atoms with van der Waals surface area (Å²) in [5.74, 6) is 1.09. The smallest absolute Gasteiger partial charge is 0.267 e. The van der Waals surface area contributed by atoms with Gasteiger partial charge in [-0.15, -0.1) is 0 Å². The van der Waals surface area contributed by atoms with E-state index in [1.165, 1.54) is 12.8 Å². The van der Waals surface area contributed by atoms with Crippen LogP contribution in [-0.2, 0) is 16.0 Å². The molecule has 5 nitrogen and oxygen atoms in total. The maximum Gasteiger partial charge on any atom is 0.267 e. The molecular formula is C18H24N2O3. The summed E-state index contributed by atoms with van der Waals surface area (Å²) >= 11 is 0. The van der Waals surface area contributed by atoms with Crippen LogP contribution in [0.3, 0.4) is 0 Å². The van der Waals surface area contributed by atoms with Crippen molar-refractivity contribution in [1.82, 2.24) is 5.32 Å². The van der Waals surface area contributed by atoms with Crippen molar-refractivity contribution in [2.24, 2.45) is 5.92 Å². The second-order valence-corrected chi connectivity index (χ2v) is 6.48. The number of ether oxygens (including phenoxy) is 1. The molecule has 2 amide bonds. The average Bonchev–Trinajstić information content (AvgIpc) is 3.08. The van der Waals surface area contributed by atoms with Crippen LogP contribution in [0, 0.1) is 5.92 Å². The number of rotatable bonds is 4. The highest BCUT2D eigenvalue weighted by Crippen LogP contribution is 2.34. The van der Waals surface area contributed by atoms with Gasteiger partial charge in [0, 0.05) is 19.5 Å². The Hall–Kier alpha value is -2.04. The Kier molecular flexibility index (Phi) is 4.55. The van der Waals surface area contributed by atoms with Crippen LogP contribution in [0.4, 0.5) is 5.69 Å². The van der Waals surface area contributed by atoms with Gasteiger partial charge < -0.3 is 15.0 Å². The Morgan fingerprint density at radius 2 is 2.09 bits per heavy atom. The van der Waals surface area contributed by atoms with Crippen molar-refractivity contribution >= 4 is 17.5 Å². The number of carbonyl (C=O) groups excluding carboxylic acids is 2. The van der Waals surface area contributed by atoms with Crippen LogP contribution in [0.1, 0.15) is 38.2 Å². The zero-order valence-corrected chi connectivity index (χ0v) is 13.8. The number of benzene rings is 1. The van der Waals surface area contributed by atoms with Gasteiger partial charge in [0.05, 0.1) is 5.69 Å². The van der Waals surface area contributed by atoms with Gasteiger partial charge in [-0.25, -0.2) is 0 Å². The number of nitrogens with zero attached hydrogens (tertiary/aromatic N) is 1. The van der Waals surface area contributed by atoms with Gasteiger partial charge in [-0.05, 0) is 43.9 Å². The van der Waals surface area contributed by atoms with E-state index in [4.69, 9.17) is 4.74 Å². The van der Waals surface area contributed by atoms with Crippen molar-refractivity contribution < 1.29 is 14.3 Å². The summed E-state index contributed by atoms with van der Waals surface area (Å²) in [7, 11) is 1.77. The molecule has 1 aromatic carbocycles. The predicted molar refractivity (Wildman–Crippen MR) is 88.6 cm³/mol. The third-order valence-corrected chi connectivity index (χ3v) is 4.81. The van der Waals surface area contributed by atoms with Crippen molar-refractivity contribution in [2.75, 3.05) is 18.5 Å². The van der Waals surface area contributed by atoms with Gasteiger partial charge >= 0.3 is 0 Å². The van der Waals surface area contributed by atoms with E-state index < -0.39 is 6.10 Å². The van der Waals surface area contributed by atoms with Crippen LogP contribution in [0.25, 0.3) is 0 Å². The Morgan fingerprint density at radius 1 is 1.35 bits per heavy atom. The van der Waals surface area contributed by atoms with Gasteiger partial charge in [0.1, 0.15) is 5.75 Å². The first-order chi connectivity index (χ1) is 11.1. The Bertz CT molecular complexity index is 608. The molecule has 0 spiro atoms. The van der Waals surface area contributed by atoms with E-state index in [1.807, 2.05) is 18.2 Å². The lowest BCUT2D eigenvalue weighted by molar-refractivity contribution is -0.125. The maximum absolute atomic E-state index is 12.0. The van der Waals surface area contributed by atoms with Crippen molar-refractivity contribution in [3.05, 3.63) is 23.8 Å². The molecule has 124 valence electrons. The van der Waals surface area contributed by atoms with Crippen LogP contribution in [0.2, 0.25) is 0 Å². The fraction of sp³-hybridized carbons (Fsp3) is 0.556. The lowest BCUT2D eigenvalue weighted by atomic mass is 10.1. The highest BCUT2D eigenvalue weighted by atomic mass is 16.5. The highest BCUT2D eigenvalue weighted by molar-refractivity contribution is 5.99. The molecule has 0 radical (unpaired) electrons. The Morgan fingerprint density at radius 3 is 2.83 bits per heavy atom. The van der Waals surface area contributed by atoms with E-state index in [0.717, 1.165) is 36.3 Å². The third kappa shape index (κ3) is 3.33. The van der Waals surface area contributed by atoms with E-state index in [9.17, 15) is 9.59 Å². The third-order valence-electron chi connectivity index (χ3n) is 4.81. The first kappa shape index (κ1) is 15.8. The number of anilines is 1. The summed E-state index contributed by atoms with van der Waals surface area (Å²) in [4.78, 5) is 25.7. The SMILES string of the molecule is CC1Oc2ccc(CCNC(=O)C3CCCC3)cc2N(C)C1=O. The fourth-order valence-corrected chi connectivity index (χ4v) is 3.37. The second kappa shape index (κ2) is 6.60. The molecule has 3 rings (SSSR count). The standard InChI is InChI=1S/C18H24N2O3/c1-12-18(22)20(2)15-11-13(7-8-16(15)23-12)9-10-19-17(21)14-5-3-4-6-14/h7-8,11-12,14H,3-6,9-10H2,1-2H3,(H,19,21). The number of amides is 2. The highest BCUT2D eigenvalue weighted by Gasteiger charge is 2.28. The van der Waals surface area contributed by atoms with E-state index >= 15 is 0 Å². The quantitative estimate of drug-likeness (QED) is 0.927. The summed E-state index contributed by atoms with van der Waals surface area (Å²) < 4.78 is 5.62. The molecule has 0 aromatic heterocycles. The van der Waals surface area contributed by atoms with Crippen LogP contribution in [-0.4, -0.2) is 31.5 Å². The summed E-state index contributed by atoms with van der Waals surface area (Å²) in [6, 6.07) is 5.88. The van der Waals surface area contributed by atoms with E-state index in [1.54, 1.807) is 18.9 Å². The van der Waals surface area contributed by atoms with Gasteiger partial charge in [-0.3, -0.25) is 9.59 Å². The molecule has 1 atom stereocenters. The van der Waals surface area contributed by atoms with E-state index in [-0.39, 0.29) is 17.7 Å². The lowest BCUT2D eigenvalue weighted by Crippen LogP contribution is -2.42. The Balaban J connectivity index is 1.59. The molecule has 5 heteroatoms. The zero-order chi connectivity index (χ0) is 16.4. The van der Waals surface area contributed by atoms with Crippen LogP contribution in [0.5, 0.6) is 5.75 Å². The normalized spacial score (nSPS) is 21.0. The molecule has 0 bridgehead atoms. The summed E-state index contributed by atoms with van der Waals surface area (Å²) in [5.41, 5.74) is 1.89. The minimum absolute atomic E-state index is 0.0378. The van der Waals surface area contributed by atoms with E-state index in [2.05, 4.69) is 5.32 Å². The molecule has 1 aromatic rings. The van der Waals surface area contributed by atoms with Crippen LogP contribution < -0.4 is 15.0 Å². The number of fused-ring (bicyclic) bond motifs is 1. The number of nitrogens with one attached hydrogen (secondary N) is 1. The monoisotopic (exact) mass is 316 g/mol. The summed E-state index contributed by atoms with van der Waals surface area (Å²) in [6.45, 7) is 2.39. The maximum atomic E-state index is 12.0. The number of hydrogen-bond donors (Lipinski definition) is 1. The molecule has 1 aliphatic heterocycles. The Labute approximate surface area is 137 Å². The van der Waals surface area contributed by atoms with Gasteiger partial charge in [-0.2, -0.15) is 0 Å². The minimum atomic E-state index is -0.441. The van der Waals surface area contributed by atoms with Crippen molar-refractivity contribution in [3.8, 4) is 5.75 Å². The van der Waals surface area contributed by atoms with Crippen molar-refractivity contribution in [2.45, 2.75) is 45.1 Å². The topological polar surface area (TPSA) is 58.6 Å². The number of carbonyl (C=O) groups is 2. The summed E-state index contributed by atoms with van der Waals surface area (Å²) in [5, 5.41) is 3.03. The molecule has 1 N–H and O–H groups in total. The number of hydrogen-bond acceptors (Lipinski definition) is 3. The molecular weight excluding hydrogens is 292 g/mol. The molecule has 23 heavy (non-hydrogen) atoms. The van der Waals surface area contributed by atoms with E-state index in [0.29, 0.717) is 6.54 Å². The number of likely N-dealkylation sites (N-methyl/N-ethyl adjacent to an activating group) is 1. The molecule has 1 unspecified atom stereocenters.